The predicted octanol–water partition coefficient (Wildman–Crippen LogP) is 1.22. The Labute approximate surface area is 127 Å². The van der Waals surface area contributed by atoms with Crippen LogP contribution in [0, 0.1) is 10.1 Å². The first-order valence-electron chi connectivity index (χ1n) is 6.52. The highest BCUT2D eigenvalue weighted by atomic mass is 16.7. The first kappa shape index (κ1) is 17.8. The fourth-order valence-corrected chi connectivity index (χ4v) is 1.83. The Bertz CT molecular complexity index is 533. The average Bonchev–Trinajstić information content (AvgIpc) is 2.54. The van der Waals surface area contributed by atoms with Gasteiger partial charge < -0.3 is 19.1 Å². The van der Waals surface area contributed by atoms with E-state index >= 15 is 0 Å². The maximum absolute atomic E-state index is 11.6. The van der Waals surface area contributed by atoms with E-state index in [0.717, 1.165) is 0 Å². The van der Waals surface area contributed by atoms with Gasteiger partial charge >= 0.3 is 11.7 Å². The summed E-state index contributed by atoms with van der Waals surface area (Å²) in [5.41, 5.74) is -0.214. The standard InChI is InChI=1S/C13H19N3O6/c1-5-15(8-11(20-2)21-3)12-10(16(18)19)7-6-9(14-12)13(17)22-4/h6-7,11H,5,8H2,1-4H3. The Morgan fingerprint density at radius 1 is 1.36 bits per heavy atom. The van der Waals surface area contributed by atoms with Gasteiger partial charge in [0, 0.05) is 26.8 Å². The monoisotopic (exact) mass is 313 g/mol. The maximum atomic E-state index is 11.6. The molecule has 0 aliphatic heterocycles. The van der Waals surface area contributed by atoms with Crippen LogP contribution in [0.15, 0.2) is 12.1 Å². The molecular formula is C13H19N3O6. The number of hydrogen-bond acceptors (Lipinski definition) is 8. The van der Waals surface area contributed by atoms with Crippen LogP contribution in [0.1, 0.15) is 17.4 Å². The molecule has 0 atom stereocenters. The second-order valence-corrected chi connectivity index (χ2v) is 4.23. The Balaban J connectivity index is 3.25. The highest BCUT2D eigenvalue weighted by Crippen LogP contribution is 2.26. The second-order valence-electron chi connectivity index (χ2n) is 4.23. The highest BCUT2D eigenvalue weighted by Gasteiger charge is 2.25. The summed E-state index contributed by atoms with van der Waals surface area (Å²) in [6, 6.07) is 2.48. The van der Waals surface area contributed by atoms with Gasteiger partial charge in [-0.3, -0.25) is 10.1 Å². The summed E-state index contributed by atoms with van der Waals surface area (Å²) in [4.78, 5) is 27.8. The van der Waals surface area contributed by atoms with Crippen LogP contribution in [0.4, 0.5) is 11.5 Å². The smallest absolute Gasteiger partial charge is 0.356 e. The van der Waals surface area contributed by atoms with Gasteiger partial charge in [-0.15, -0.1) is 0 Å². The van der Waals surface area contributed by atoms with E-state index in [1.54, 1.807) is 11.8 Å². The molecule has 0 N–H and O–H groups in total. The third-order valence-electron chi connectivity index (χ3n) is 3.02. The molecule has 1 aromatic rings. The normalized spacial score (nSPS) is 10.6. The van der Waals surface area contributed by atoms with Crippen molar-refractivity contribution < 1.29 is 23.9 Å². The molecule has 0 aliphatic rings. The molecule has 0 amide bonds. The number of carbonyl (C=O) groups is 1. The maximum Gasteiger partial charge on any atom is 0.356 e. The average molecular weight is 313 g/mol. The molecule has 0 fully saturated rings. The van der Waals surface area contributed by atoms with Crippen LogP contribution < -0.4 is 4.90 Å². The SMILES string of the molecule is CCN(CC(OC)OC)c1nc(C(=O)OC)ccc1[N+](=O)[O-]. The van der Waals surface area contributed by atoms with E-state index in [1.807, 2.05) is 0 Å². The Morgan fingerprint density at radius 2 is 2.00 bits per heavy atom. The summed E-state index contributed by atoms with van der Waals surface area (Å²) in [5.74, 6) is -0.600. The molecule has 1 rings (SSSR count). The van der Waals surface area contributed by atoms with Crippen molar-refractivity contribution in [1.29, 1.82) is 0 Å². The van der Waals surface area contributed by atoms with E-state index in [0.29, 0.717) is 6.54 Å². The van der Waals surface area contributed by atoms with Gasteiger partial charge in [0.2, 0.25) is 5.82 Å². The molecule has 0 spiro atoms. The number of pyridine rings is 1. The molecule has 22 heavy (non-hydrogen) atoms. The molecule has 9 heteroatoms. The number of aromatic nitrogens is 1. The molecule has 0 saturated carbocycles. The van der Waals surface area contributed by atoms with E-state index in [-0.39, 0.29) is 23.7 Å². The predicted molar refractivity (Wildman–Crippen MR) is 77.9 cm³/mol. The van der Waals surface area contributed by atoms with Gasteiger partial charge in [0.25, 0.3) is 0 Å². The van der Waals surface area contributed by atoms with Crippen molar-refractivity contribution in [2.45, 2.75) is 13.2 Å². The lowest BCUT2D eigenvalue weighted by molar-refractivity contribution is -0.384. The zero-order chi connectivity index (χ0) is 16.7. The quantitative estimate of drug-likeness (QED) is 0.305. The van der Waals surface area contributed by atoms with E-state index in [1.165, 1.54) is 33.5 Å². The van der Waals surface area contributed by atoms with Gasteiger partial charge in [-0.1, -0.05) is 0 Å². The molecule has 0 aromatic carbocycles. The summed E-state index contributed by atoms with van der Waals surface area (Å²) in [5, 5.41) is 11.2. The minimum atomic E-state index is -0.665. The molecule has 1 heterocycles. The molecule has 0 unspecified atom stereocenters. The van der Waals surface area contributed by atoms with Crippen LogP contribution in [0.25, 0.3) is 0 Å². The van der Waals surface area contributed by atoms with Crippen LogP contribution in [0.2, 0.25) is 0 Å². The number of methoxy groups -OCH3 is 3. The molecule has 122 valence electrons. The first-order valence-corrected chi connectivity index (χ1v) is 6.52. The third-order valence-corrected chi connectivity index (χ3v) is 3.02. The highest BCUT2D eigenvalue weighted by molar-refractivity contribution is 5.88. The summed E-state index contributed by atoms with van der Waals surface area (Å²) in [6.45, 7) is 2.45. The number of nitro groups is 1. The number of hydrogen-bond donors (Lipinski definition) is 0. The molecule has 0 saturated heterocycles. The lowest BCUT2D eigenvalue weighted by Gasteiger charge is -2.25. The summed E-state index contributed by atoms with van der Waals surface area (Å²) < 4.78 is 14.8. The second kappa shape index (κ2) is 8.25. The lowest BCUT2D eigenvalue weighted by Crippen LogP contribution is -2.35. The number of esters is 1. The zero-order valence-corrected chi connectivity index (χ0v) is 12.9. The number of nitrogens with zero attached hydrogens (tertiary/aromatic N) is 3. The van der Waals surface area contributed by atoms with Gasteiger partial charge in [0.1, 0.15) is 0 Å². The van der Waals surface area contributed by atoms with Crippen LogP contribution in [0.5, 0.6) is 0 Å². The van der Waals surface area contributed by atoms with Gasteiger partial charge in [-0.2, -0.15) is 0 Å². The summed E-state index contributed by atoms with van der Waals surface area (Å²) in [6.07, 6.45) is -0.580. The van der Waals surface area contributed by atoms with Gasteiger partial charge in [-0.05, 0) is 13.0 Å². The molecule has 0 radical (unpaired) electrons. The van der Waals surface area contributed by atoms with Crippen molar-refractivity contribution in [3.05, 3.63) is 27.9 Å². The fraction of sp³-hybridized carbons (Fsp3) is 0.538. The lowest BCUT2D eigenvalue weighted by atomic mass is 10.3. The fourth-order valence-electron chi connectivity index (χ4n) is 1.83. The number of ether oxygens (including phenoxy) is 3. The van der Waals surface area contributed by atoms with E-state index in [9.17, 15) is 14.9 Å². The van der Waals surface area contributed by atoms with Gasteiger partial charge in [0.05, 0.1) is 18.6 Å². The van der Waals surface area contributed by atoms with Crippen molar-refractivity contribution in [2.75, 3.05) is 39.3 Å². The third kappa shape index (κ3) is 4.12. The Kier molecular flexibility index (Phi) is 6.67. The number of rotatable bonds is 8. The van der Waals surface area contributed by atoms with E-state index in [2.05, 4.69) is 9.72 Å². The van der Waals surface area contributed by atoms with E-state index < -0.39 is 17.2 Å². The molecule has 1 aromatic heterocycles. The molecule has 0 bridgehead atoms. The molecule has 0 aliphatic carbocycles. The minimum absolute atomic E-state index is 0.00654. The zero-order valence-electron chi connectivity index (χ0n) is 12.9. The minimum Gasteiger partial charge on any atom is -0.464 e. The van der Waals surface area contributed by atoms with Crippen molar-refractivity contribution in [2.24, 2.45) is 0 Å². The van der Waals surface area contributed by atoms with Gasteiger partial charge in [-0.25, -0.2) is 9.78 Å². The van der Waals surface area contributed by atoms with Crippen molar-refractivity contribution in [1.82, 2.24) is 4.98 Å². The van der Waals surface area contributed by atoms with Crippen LogP contribution in [0.3, 0.4) is 0 Å². The number of anilines is 1. The summed E-state index contributed by atoms with van der Waals surface area (Å²) in [7, 11) is 4.15. The number of carbonyl (C=O) groups excluding carboxylic acids is 1. The first-order chi connectivity index (χ1) is 10.5. The van der Waals surface area contributed by atoms with E-state index in [4.69, 9.17) is 9.47 Å². The van der Waals surface area contributed by atoms with Crippen LogP contribution in [-0.2, 0) is 14.2 Å². The largest absolute Gasteiger partial charge is 0.464 e. The van der Waals surface area contributed by atoms with Crippen molar-refractivity contribution in [3.8, 4) is 0 Å². The topological polar surface area (TPSA) is 104 Å². The van der Waals surface area contributed by atoms with Crippen molar-refractivity contribution >= 4 is 17.5 Å². The summed E-state index contributed by atoms with van der Waals surface area (Å²) >= 11 is 0. The molecular weight excluding hydrogens is 294 g/mol. The van der Waals surface area contributed by atoms with Gasteiger partial charge in [0.15, 0.2) is 12.0 Å². The van der Waals surface area contributed by atoms with Crippen LogP contribution >= 0.6 is 0 Å². The van der Waals surface area contributed by atoms with Crippen molar-refractivity contribution in [3.63, 3.8) is 0 Å². The van der Waals surface area contributed by atoms with Crippen LogP contribution in [-0.4, -0.2) is 56.6 Å². The molecule has 9 nitrogen and oxygen atoms in total. The number of likely N-dealkylation sites (N-methyl/N-ethyl adjacent to an activating group) is 1. The Morgan fingerprint density at radius 3 is 2.45 bits per heavy atom. The Hall–Kier alpha value is -2.26.